The van der Waals surface area contributed by atoms with Crippen LogP contribution < -0.4 is 19.7 Å². The maximum atomic E-state index is 12.3. The average molecular weight is 428 g/mol. The quantitative estimate of drug-likeness (QED) is 0.549. The number of thiazole rings is 1. The van der Waals surface area contributed by atoms with Crippen LogP contribution in [0.3, 0.4) is 0 Å². The maximum absolute atomic E-state index is 12.3. The van der Waals surface area contributed by atoms with Crippen LogP contribution in [0, 0.1) is 0 Å². The summed E-state index contributed by atoms with van der Waals surface area (Å²) in [5, 5.41) is 3.98. The Morgan fingerprint density at radius 1 is 1.17 bits per heavy atom. The summed E-state index contributed by atoms with van der Waals surface area (Å²) in [5.41, 5.74) is 1.74. The normalized spacial score (nSPS) is 14.0. The molecule has 4 rings (SSSR count). The number of carbonyl (C=O) groups is 1. The van der Waals surface area contributed by atoms with Crippen molar-refractivity contribution in [3.8, 4) is 11.5 Å². The Labute approximate surface area is 179 Å². The molecule has 0 saturated carbocycles. The van der Waals surface area contributed by atoms with Crippen LogP contribution in [0.25, 0.3) is 10.2 Å². The van der Waals surface area contributed by atoms with E-state index in [0.717, 1.165) is 58.8 Å². The number of aromatic nitrogens is 1. The number of hydrogen-bond donors (Lipinski definition) is 1. The van der Waals surface area contributed by atoms with E-state index in [2.05, 4.69) is 10.2 Å². The molecule has 0 radical (unpaired) electrons. The molecule has 1 aliphatic rings. The van der Waals surface area contributed by atoms with E-state index in [4.69, 9.17) is 19.2 Å². The van der Waals surface area contributed by atoms with Gasteiger partial charge in [0.2, 0.25) is 5.91 Å². The summed E-state index contributed by atoms with van der Waals surface area (Å²) in [4.78, 5) is 19.2. The molecule has 0 unspecified atom stereocenters. The molecule has 158 valence electrons. The molecular formula is C22H25N3O4S. The highest BCUT2D eigenvalue weighted by atomic mass is 32.1. The van der Waals surface area contributed by atoms with Crippen LogP contribution in [0.1, 0.15) is 12.8 Å². The molecule has 2 heterocycles. The van der Waals surface area contributed by atoms with E-state index in [1.54, 1.807) is 18.4 Å². The van der Waals surface area contributed by atoms with Gasteiger partial charge in [0, 0.05) is 25.2 Å². The van der Waals surface area contributed by atoms with Crippen molar-refractivity contribution in [2.75, 3.05) is 50.2 Å². The lowest BCUT2D eigenvalue weighted by Crippen LogP contribution is -2.36. The topological polar surface area (TPSA) is 72.9 Å². The van der Waals surface area contributed by atoms with Crippen molar-refractivity contribution in [1.82, 2.24) is 4.98 Å². The second-order valence-electron chi connectivity index (χ2n) is 6.95. The largest absolute Gasteiger partial charge is 0.497 e. The monoisotopic (exact) mass is 427 g/mol. The molecule has 3 aromatic rings. The van der Waals surface area contributed by atoms with Crippen molar-refractivity contribution in [3.05, 3.63) is 42.5 Å². The van der Waals surface area contributed by atoms with Crippen molar-refractivity contribution < 1.29 is 19.0 Å². The summed E-state index contributed by atoms with van der Waals surface area (Å²) in [5.74, 6) is 1.53. The molecule has 8 heteroatoms. The van der Waals surface area contributed by atoms with Gasteiger partial charge in [0.15, 0.2) is 5.13 Å². The molecule has 0 spiro atoms. The fourth-order valence-corrected chi connectivity index (χ4v) is 4.25. The van der Waals surface area contributed by atoms with Gasteiger partial charge in [-0.25, -0.2) is 4.98 Å². The predicted molar refractivity (Wildman–Crippen MR) is 119 cm³/mol. The Morgan fingerprint density at radius 2 is 1.93 bits per heavy atom. The minimum absolute atomic E-state index is 0.0226. The molecule has 7 nitrogen and oxygen atoms in total. The molecule has 1 saturated heterocycles. The van der Waals surface area contributed by atoms with Gasteiger partial charge in [-0.05, 0) is 48.9 Å². The number of rotatable bonds is 8. The Kier molecular flexibility index (Phi) is 6.66. The van der Waals surface area contributed by atoms with E-state index < -0.39 is 0 Å². The van der Waals surface area contributed by atoms with E-state index in [0.29, 0.717) is 19.4 Å². The van der Waals surface area contributed by atoms with Crippen molar-refractivity contribution >= 4 is 38.3 Å². The third-order valence-corrected chi connectivity index (χ3v) is 5.90. The molecule has 1 aromatic heterocycles. The van der Waals surface area contributed by atoms with Crippen LogP contribution in [-0.2, 0) is 9.53 Å². The van der Waals surface area contributed by atoms with E-state index in [1.165, 1.54) is 0 Å². The Hall–Kier alpha value is -2.84. The number of hydrogen-bond acceptors (Lipinski definition) is 7. The molecule has 1 amide bonds. The lowest BCUT2D eigenvalue weighted by Gasteiger charge is -2.25. The molecule has 0 bridgehead atoms. The first-order valence-electron chi connectivity index (χ1n) is 10.0. The summed E-state index contributed by atoms with van der Waals surface area (Å²) in [6, 6.07) is 13.3. The van der Waals surface area contributed by atoms with E-state index in [1.807, 2.05) is 42.5 Å². The fourth-order valence-electron chi connectivity index (χ4n) is 3.20. The van der Waals surface area contributed by atoms with E-state index in [-0.39, 0.29) is 5.91 Å². The number of nitrogens with zero attached hydrogens (tertiary/aromatic N) is 2. The number of carbonyl (C=O) groups excluding carboxylic acids is 1. The highest BCUT2D eigenvalue weighted by Gasteiger charge is 2.15. The van der Waals surface area contributed by atoms with Crippen LogP contribution in [0.2, 0.25) is 0 Å². The molecule has 1 fully saturated rings. The third kappa shape index (κ3) is 5.20. The zero-order chi connectivity index (χ0) is 20.8. The van der Waals surface area contributed by atoms with Gasteiger partial charge in [-0.3, -0.25) is 4.79 Å². The molecule has 0 atom stereocenters. The number of anilines is 2. The van der Waals surface area contributed by atoms with Crippen LogP contribution in [-0.4, -0.2) is 50.9 Å². The minimum atomic E-state index is -0.0226. The van der Waals surface area contributed by atoms with E-state index in [9.17, 15) is 4.79 Å². The van der Waals surface area contributed by atoms with Crippen molar-refractivity contribution in [2.45, 2.75) is 12.8 Å². The number of fused-ring (bicyclic) bond motifs is 1. The lowest BCUT2D eigenvalue weighted by molar-refractivity contribution is -0.116. The van der Waals surface area contributed by atoms with Gasteiger partial charge in [-0.15, -0.1) is 0 Å². The fraction of sp³-hybridized carbons (Fsp3) is 0.364. The molecule has 0 aliphatic carbocycles. The highest BCUT2D eigenvalue weighted by Crippen LogP contribution is 2.31. The zero-order valence-corrected chi connectivity index (χ0v) is 17.7. The van der Waals surface area contributed by atoms with Crippen LogP contribution in [0.4, 0.5) is 10.8 Å². The van der Waals surface area contributed by atoms with Crippen molar-refractivity contribution in [3.63, 3.8) is 0 Å². The SMILES string of the molecule is COc1ccc(OCCCC(=O)Nc2ccc3nc(N4CCOCC4)sc3c2)cc1. The molecule has 2 aromatic carbocycles. The predicted octanol–water partition coefficient (Wildman–Crippen LogP) is 3.94. The lowest BCUT2D eigenvalue weighted by atomic mass is 10.2. The first kappa shape index (κ1) is 20.4. The van der Waals surface area contributed by atoms with Crippen molar-refractivity contribution in [1.29, 1.82) is 0 Å². The molecule has 1 N–H and O–H groups in total. The summed E-state index contributed by atoms with van der Waals surface area (Å²) < 4.78 is 17.3. The molecule has 30 heavy (non-hydrogen) atoms. The summed E-state index contributed by atoms with van der Waals surface area (Å²) in [6.45, 7) is 3.68. The second-order valence-corrected chi connectivity index (χ2v) is 7.96. The average Bonchev–Trinajstić information content (AvgIpc) is 3.21. The van der Waals surface area contributed by atoms with Gasteiger partial charge >= 0.3 is 0 Å². The van der Waals surface area contributed by atoms with Gasteiger partial charge in [-0.1, -0.05) is 11.3 Å². The van der Waals surface area contributed by atoms with E-state index >= 15 is 0 Å². The highest BCUT2D eigenvalue weighted by molar-refractivity contribution is 7.22. The number of ether oxygens (including phenoxy) is 3. The summed E-state index contributed by atoms with van der Waals surface area (Å²) >= 11 is 1.65. The first-order valence-corrected chi connectivity index (χ1v) is 10.8. The minimum Gasteiger partial charge on any atom is -0.497 e. The number of nitrogens with one attached hydrogen (secondary N) is 1. The Balaban J connectivity index is 1.26. The van der Waals surface area contributed by atoms with Crippen LogP contribution in [0.5, 0.6) is 11.5 Å². The Bertz CT molecular complexity index is 984. The molecular weight excluding hydrogens is 402 g/mol. The zero-order valence-electron chi connectivity index (χ0n) is 16.9. The number of methoxy groups -OCH3 is 1. The summed E-state index contributed by atoms with van der Waals surface area (Å²) in [7, 11) is 1.63. The van der Waals surface area contributed by atoms with Gasteiger partial charge in [0.1, 0.15) is 11.5 Å². The van der Waals surface area contributed by atoms with Crippen molar-refractivity contribution in [2.24, 2.45) is 0 Å². The number of morpholine rings is 1. The number of benzene rings is 2. The van der Waals surface area contributed by atoms with Gasteiger partial charge in [0.25, 0.3) is 0 Å². The standard InChI is InChI=1S/C22H25N3O4S/c1-27-17-5-7-18(8-6-17)29-12-2-3-21(26)23-16-4-9-19-20(15-16)30-22(24-19)25-10-13-28-14-11-25/h4-9,15H,2-3,10-14H2,1H3,(H,23,26). The van der Waals surface area contributed by atoms with Crippen LogP contribution in [0.15, 0.2) is 42.5 Å². The smallest absolute Gasteiger partial charge is 0.224 e. The van der Waals surface area contributed by atoms with Gasteiger partial charge in [0.05, 0.1) is 37.1 Å². The second kappa shape index (κ2) is 9.77. The van der Waals surface area contributed by atoms with Crippen LogP contribution >= 0.6 is 11.3 Å². The first-order chi connectivity index (χ1) is 14.7. The Morgan fingerprint density at radius 3 is 2.70 bits per heavy atom. The van der Waals surface area contributed by atoms with Gasteiger partial charge in [-0.2, -0.15) is 0 Å². The number of amides is 1. The molecule has 1 aliphatic heterocycles. The maximum Gasteiger partial charge on any atom is 0.224 e. The third-order valence-electron chi connectivity index (χ3n) is 4.82. The summed E-state index contributed by atoms with van der Waals surface area (Å²) in [6.07, 6.45) is 1.04. The van der Waals surface area contributed by atoms with Gasteiger partial charge < -0.3 is 24.4 Å².